The van der Waals surface area contributed by atoms with Crippen LogP contribution in [0.5, 0.6) is 0 Å². The monoisotopic (exact) mass is 222 g/mol. The maximum atomic E-state index is 9.55. The van der Waals surface area contributed by atoms with Gasteiger partial charge in [-0.05, 0) is 12.8 Å². The van der Waals surface area contributed by atoms with Crippen LogP contribution >= 0.6 is 0 Å². The van der Waals surface area contributed by atoms with Gasteiger partial charge in [-0.15, -0.1) is 0 Å². The van der Waals surface area contributed by atoms with Crippen LogP contribution < -0.4 is 0 Å². The van der Waals surface area contributed by atoms with Gasteiger partial charge < -0.3 is 30.6 Å². The number of rotatable bonds is 1. The van der Waals surface area contributed by atoms with Gasteiger partial charge in [0.1, 0.15) is 18.3 Å². The molecule has 0 amide bonds. The standard InChI is InChI=1S/C9H18O6/c10-3-4-1-2-5(11)7(13)9(15)8(14)6(4)12/h4-15H,1-3H2/t4-,5+,6+,7+,8+,9-/m1/s1. The fourth-order valence-corrected chi connectivity index (χ4v) is 1.84. The summed E-state index contributed by atoms with van der Waals surface area (Å²) in [5.41, 5.74) is 0. The first-order valence-electron chi connectivity index (χ1n) is 5.00. The lowest BCUT2D eigenvalue weighted by Crippen LogP contribution is -2.53. The minimum Gasteiger partial charge on any atom is -0.396 e. The first kappa shape index (κ1) is 12.8. The van der Waals surface area contributed by atoms with E-state index in [0.717, 1.165) is 0 Å². The van der Waals surface area contributed by atoms with Crippen molar-refractivity contribution >= 4 is 0 Å². The van der Waals surface area contributed by atoms with Crippen molar-refractivity contribution in [1.82, 2.24) is 0 Å². The third-order valence-corrected chi connectivity index (χ3v) is 2.99. The lowest BCUT2D eigenvalue weighted by Gasteiger charge is -2.35. The molecule has 6 heteroatoms. The normalized spacial score (nSPS) is 48.4. The minimum absolute atomic E-state index is 0.160. The topological polar surface area (TPSA) is 121 Å². The summed E-state index contributed by atoms with van der Waals surface area (Å²) in [7, 11) is 0. The first-order chi connectivity index (χ1) is 6.99. The molecule has 0 saturated heterocycles. The van der Waals surface area contributed by atoms with E-state index in [1.807, 2.05) is 0 Å². The molecule has 0 aromatic rings. The van der Waals surface area contributed by atoms with Gasteiger partial charge in [-0.3, -0.25) is 0 Å². The second-order valence-corrected chi connectivity index (χ2v) is 4.05. The summed E-state index contributed by atoms with van der Waals surface area (Å²) >= 11 is 0. The Bertz CT molecular complexity index is 195. The van der Waals surface area contributed by atoms with E-state index in [2.05, 4.69) is 0 Å². The fraction of sp³-hybridized carbons (Fsp3) is 1.00. The van der Waals surface area contributed by atoms with E-state index < -0.39 is 36.4 Å². The molecule has 6 N–H and O–H groups in total. The van der Waals surface area contributed by atoms with E-state index in [0.29, 0.717) is 0 Å². The van der Waals surface area contributed by atoms with Gasteiger partial charge in [0, 0.05) is 12.5 Å². The van der Waals surface area contributed by atoms with E-state index in [9.17, 15) is 25.5 Å². The Morgan fingerprint density at radius 2 is 1.27 bits per heavy atom. The molecule has 1 saturated carbocycles. The molecule has 1 aliphatic rings. The van der Waals surface area contributed by atoms with Crippen molar-refractivity contribution in [3.8, 4) is 0 Å². The average molecular weight is 222 g/mol. The average Bonchev–Trinajstić information content (AvgIpc) is 2.25. The molecule has 0 spiro atoms. The number of aliphatic hydroxyl groups is 6. The lowest BCUT2D eigenvalue weighted by molar-refractivity contribution is -0.160. The summed E-state index contributed by atoms with van der Waals surface area (Å²) < 4.78 is 0. The molecular formula is C9H18O6. The van der Waals surface area contributed by atoms with Gasteiger partial charge in [0.15, 0.2) is 0 Å². The largest absolute Gasteiger partial charge is 0.396 e. The Morgan fingerprint density at radius 1 is 0.733 bits per heavy atom. The van der Waals surface area contributed by atoms with Crippen molar-refractivity contribution in [3.05, 3.63) is 0 Å². The summed E-state index contributed by atoms with van der Waals surface area (Å²) in [5, 5.41) is 56.1. The highest BCUT2D eigenvalue weighted by atomic mass is 16.4. The Kier molecular flexibility index (Phi) is 4.45. The summed E-state index contributed by atoms with van der Waals surface area (Å²) in [5.74, 6) is -0.600. The van der Waals surface area contributed by atoms with Crippen LogP contribution in [0.3, 0.4) is 0 Å². The Labute approximate surface area is 87.4 Å². The second kappa shape index (κ2) is 5.20. The molecule has 0 unspecified atom stereocenters. The van der Waals surface area contributed by atoms with Gasteiger partial charge in [-0.25, -0.2) is 0 Å². The van der Waals surface area contributed by atoms with Crippen molar-refractivity contribution in [2.45, 2.75) is 43.4 Å². The molecule has 0 aliphatic heterocycles. The highest BCUT2D eigenvalue weighted by Crippen LogP contribution is 2.24. The molecule has 0 heterocycles. The van der Waals surface area contributed by atoms with Crippen molar-refractivity contribution in [2.24, 2.45) is 5.92 Å². The highest BCUT2D eigenvalue weighted by molar-refractivity contribution is 4.90. The molecule has 1 aliphatic carbocycles. The molecule has 90 valence electrons. The SMILES string of the molecule is OC[C@H]1CC[C@H](O)[C@H](O)[C@@H](O)[C@@H](O)[C@H]1O. The third kappa shape index (κ3) is 2.66. The maximum absolute atomic E-state index is 9.55. The molecule has 0 radical (unpaired) electrons. The molecule has 0 bridgehead atoms. The van der Waals surface area contributed by atoms with Crippen LogP contribution in [0.2, 0.25) is 0 Å². The molecule has 6 atom stereocenters. The zero-order valence-electron chi connectivity index (χ0n) is 8.27. The van der Waals surface area contributed by atoms with Crippen LogP contribution in [0.1, 0.15) is 12.8 Å². The van der Waals surface area contributed by atoms with Gasteiger partial charge in [0.05, 0.1) is 12.2 Å². The molecule has 0 aromatic carbocycles. The van der Waals surface area contributed by atoms with Crippen LogP contribution in [-0.2, 0) is 0 Å². The van der Waals surface area contributed by atoms with E-state index in [-0.39, 0.29) is 19.4 Å². The molecule has 1 rings (SSSR count). The Balaban J connectivity index is 2.77. The van der Waals surface area contributed by atoms with Gasteiger partial charge in [-0.2, -0.15) is 0 Å². The van der Waals surface area contributed by atoms with Crippen LogP contribution in [0.25, 0.3) is 0 Å². The molecular weight excluding hydrogens is 204 g/mol. The van der Waals surface area contributed by atoms with Crippen LogP contribution in [-0.4, -0.2) is 67.8 Å². The van der Waals surface area contributed by atoms with Crippen LogP contribution in [0.15, 0.2) is 0 Å². The quantitative estimate of drug-likeness (QED) is 0.285. The molecule has 0 aromatic heterocycles. The summed E-state index contributed by atoms with van der Waals surface area (Å²) in [4.78, 5) is 0. The third-order valence-electron chi connectivity index (χ3n) is 2.99. The summed E-state index contributed by atoms with van der Waals surface area (Å²) in [6.07, 6.45) is -6.67. The number of hydrogen-bond donors (Lipinski definition) is 6. The maximum Gasteiger partial charge on any atom is 0.111 e. The zero-order valence-corrected chi connectivity index (χ0v) is 8.27. The van der Waals surface area contributed by atoms with E-state index in [4.69, 9.17) is 5.11 Å². The summed E-state index contributed by atoms with van der Waals surface area (Å²) in [6.45, 7) is -0.340. The fourth-order valence-electron chi connectivity index (χ4n) is 1.84. The van der Waals surface area contributed by atoms with Crippen molar-refractivity contribution in [2.75, 3.05) is 6.61 Å². The van der Waals surface area contributed by atoms with Crippen molar-refractivity contribution < 1.29 is 30.6 Å². The molecule has 15 heavy (non-hydrogen) atoms. The smallest absolute Gasteiger partial charge is 0.111 e. The number of hydrogen-bond acceptors (Lipinski definition) is 6. The van der Waals surface area contributed by atoms with Gasteiger partial charge in [0.25, 0.3) is 0 Å². The number of aliphatic hydroxyl groups excluding tert-OH is 6. The van der Waals surface area contributed by atoms with Gasteiger partial charge in [-0.1, -0.05) is 0 Å². The second-order valence-electron chi connectivity index (χ2n) is 4.05. The van der Waals surface area contributed by atoms with Crippen LogP contribution in [0.4, 0.5) is 0 Å². The van der Waals surface area contributed by atoms with Crippen LogP contribution in [0, 0.1) is 5.92 Å². The zero-order chi connectivity index (χ0) is 11.6. The summed E-state index contributed by atoms with van der Waals surface area (Å²) in [6, 6.07) is 0. The molecule has 1 fully saturated rings. The molecule has 6 nitrogen and oxygen atoms in total. The first-order valence-corrected chi connectivity index (χ1v) is 5.00. The van der Waals surface area contributed by atoms with E-state index >= 15 is 0 Å². The van der Waals surface area contributed by atoms with E-state index in [1.54, 1.807) is 0 Å². The van der Waals surface area contributed by atoms with Gasteiger partial charge >= 0.3 is 0 Å². The lowest BCUT2D eigenvalue weighted by atomic mass is 9.83. The van der Waals surface area contributed by atoms with Crippen molar-refractivity contribution in [1.29, 1.82) is 0 Å². The van der Waals surface area contributed by atoms with Gasteiger partial charge in [0.2, 0.25) is 0 Å². The Hall–Kier alpha value is -0.240. The highest BCUT2D eigenvalue weighted by Gasteiger charge is 2.39. The minimum atomic E-state index is -1.61. The predicted octanol–water partition coefficient (Wildman–Crippen LogP) is -2.81. The Morgan fingerprint density at radius 3 is 1.80 bits per heavy atom. The van der Waals surface area contributed by atoms with E-state index in [1.165, 1.54) is 0 Å². The predicted molar refractivity (Wildman–Crippen MR) is 49.8 cm³/mol. The van der Waals surface area contributed by atoms with Crippen molar-refractivity contribution in [3.63, 3.8) is 0 Å².